The van der Waals surface area contributed by atoms with E-state index in [9.17, 15) is 9.50 Å². The molecule has 1 aromatic carbocycles. The smallest absolute Gasteiger partial charge is 0.124 e. The molecule has 0 radical (unpaired) electrons. The first-order valence-corrected chi connectivity index (χ1v) is 5.79. The lowest BCUT2D eigenvalue weighted by molar-refractivity contribution is 0.174. The van der Waals surface area contributed by atoms with E-state index in [1.807, 2.05) is 0 Å². The summed E-state index contributed by atoms with van der Waals surface area (Å²) in [5.74, 6) is -0.230. The molecule has 4 heteroatoms. The summed E-state index contributed by atoms with van der Waals surface area (Å²) in [7, 11) is 0. The minimum atomic E-state index is -0.230. The number of hydrogen-bond donors (Lipinski definition) is 1. The number of rotatable bonds is 2. The molecule has 2 nitrogen and oxygen atoms in total. The average molecular weight is 274 g/mol. The number of hydrogen-bond acceptors (Lipinski definition) is 2. The molecule has 0 spiro atoms. The molecule has 1 aromatic rings. The first kappa shape index (κ1) is 11.0. The van der Waals surface area contributed by atoms with Crippen LogP contribution in [0, 0.1) is 5.82 Å². The number of aliphatic hydroxyl groups excluding tert-OH is 1. The highest BCUT2D eigenvalue weighted by Crippen LogP contribution is 2.21. The van der Waals surface area contributed by atoms with Gasteiger partial charge < -0.3 is 5.11 Å². The Hall–Kier alpha value is -0.450. The second-order valence-corrected chi connectivity index (χ2v) is 4.77. The highest BCUT2D eigenvalue weighted by Gasteiger charge is 2.20. The van der Waals surface area contributed by atoms with Gasteiger partial charge in [0.2, 0.25) is 0 Å². The van der Waals surface area contributed by atoms with Crippen molar-refractivity contribution in [3.8, 4) is 0 Å². The van der Waals surface area contributed by atoms with Crippen molar-refractivity contribution in [1.29, 1.82) is 0 Å². The molecule has 1 atom stereocenters. The minimum Gasteiger partial charge on any atom is -0.392 e. The lowest BCUT2D eigenvalue weighted by atomic mass is 10.2. The van der Waals surface area contributed by atoms with Crippen LogP contribution in [0.3, 0.4) is 0 Å². The van der Waals surface area contributed by atoms with Gasteiger partial charge in [-0.1, -0.05) is 22.0 Å². The van der Waals surface area contributed by atoms with Gasteiger partial charge >= 0.3 is 0 Å². The molecular weight excluding hydrogens is 261 g/mol. The highest BCUT2D eigenvalue weighted by molar-refractivity contribution is 9.10. The molecule has 0 saturated carbocycles. The van der Waals surface area contributed by atoms with Crippen molar-refractivity contribution in [2.75, 3.05) is 13.1 Å². The Labute approximate surface area is 96.8 Å². The molecule has 1 aliphatic rings. The van der Waals surface area contributed by atoms with Crippen LogP contribution in [0.2, 0.25) is 0 Å². The summed E-state index contributed by atoms with van der Waals surface area (Å²) in [4.78, 5) is 2.17. The Morgan fingerprint density at radius 2 is 2.33 bits per heavy atom. The van der Waals surface area contributed by atoms with Crippen LogP contribution >= 0.6 is 15.9 Å². The molecular formula is C11H13BrFNO. The summed E-state index contributed by atoms with van der Waals surface area (Å²) in [6.45, 7) is 2.38. The van der Waals surface area contributed by atoms with Crippen LogP contribution in [0.1, 0.15) is 12.0 Å². The zero-order valence-electron chi connectivity index (χ0n) is 8.29. The normalized spacial score (nSPS) is 22.2. The fourth-order valence-electron chi connectivity index (χ4n) is 1.85. The van der Waals surface area contributed by atoms with E-state index in [0.717, 1.165) is 29.5 Å². The first-order chi connectivity index (χ1) is 7.15. The number of halogens is 2. The van der Waals surface area contributed by atoms with Gasteiger partial charge in [0.1, 0.15) is 5.82 Å². The van der Waals surface area contributed by atoms with E-state index in [2.05, 4.69) is 20.8 Å². The average Bonchev–Trinajstić information content (AvgIpc) is 2.56. The Morgan fingerprint density at radius 3 is 2.93 bits per heavy atom. The third-order valence-corrected chi connectivity index (χ3v) is 3.39. The quantitative estimate of drug-likeness (QED) is 0.893. The van der Waals surface area contributed by atoms with E-state index < -0.39 is 0 Å². The molecule has 1 fully saturated rings. The molecule has 1 aliphatic heterocycles. The van der Waals surface area contributed by atoms with Gasteiger partial charge in [0.25, 0.3) is 0 Å². The van der Waals surface area contributed by atoms with Gasteiger partial charge in [0.15, 0.2) is 0 Å². The predicted molar refractivity (Wildman–Crippen MR) is 60.0 cm³/mol. The molecule has 2 rings (SSSR count). The van der Waals surface area contributed by atoms with Gasteiger partial charge in [-0.15, -0.1) is 0 Å². The number of benzene rings is 1. The maximum absolute atomic E-state index is 12.8. The molecule has 15 heavy (non-hydrogen) atoms. The summed E-state index contributed by atoms with van der Waals surface area (Å²) in [6.07, 6.45) is 0.628. The maximum atomic E-state index is 12.8. The van der Waals surface area contributed by atoms with Crippen LogP contribution in [0.5, 0.6) is 0 Å². The van der Waals surface area contributed by atoms with Crippen LogP contribution in [0.4, 0.5) is 4.39 Å². The Balaban J connectivity index is 2.04. The van der Waals surface area contributed by atoms with Crippen molar-refractivity contribution >= 4 is 15.9 Å². The van der Waals surface area contributed by atoms with Gasteiger partial charge in [-0.25, -0.2) is 4.39 Å². The van der Waals surface area contributed by atoms with E-state index in [4.69, 9.17) is 0 Å². The van der Waals surface area contributed by atoms with Crippen molar-refractivity contribution in [3.63, 3.8) is 0 Å². The molecule has 82 valence electrons. The number of aliphatic hydroxyl groups is 1. The SMILES string of the molecule is OC1CCN(Cc2ccc(F)cc2Br)C1. The summed E-state index contributed by atoms with van der Waals surface area (Å²) >= 11 is 3.34. The van der Waals surface area contributed by atoms with Gasteiger partial charge in [0.05, 0.1) is 6.10 Å². The largest absolute Gasteiger partial charge is 0.392 e. The fourth-order valence-corrected chi connectivity index (χ4v) is 2.32. The molecule has 1 heterocycles. The zero-order valence-corrected chi connectivity index (χ0v) is 9.87. The molecule has 0 bridgehead atoms. The first-order valence-electron chi connectivity index (χ1n) is 4.99. The molecule has 1 N–H and O–H groups in total. The topological polar surface area (TPSA) is 23.5 Å². The van der Waals surface area contributed by atoms with Crippen LogP contribution in [-0.4, -0.2) is 29.2 Å². The Morgan fingerprint density at radius 1 is 1.53 bits per heavy atom. The third-order valence-electron chi connectivity index (χ3n) is 2.66. The number of nitrogens with zero attached hydrogens (tertiary/aromatic N) is 1. The van der Waals surface area contributed by atoms with Gasteiger partial charge in [-0.05, 0) is 24.1 Å². The summed E-state index contributed by atoms with van der Waals surface area (Å²) < 4.78 is 13.6. The number of likely N-dealkylation sites (tertiary alicyclic amines) is 1. The van der Waals surface area contributed by atoms with Gasteiger partial charge in [0, 0.05) is 24.1 Å². The summed E-state index contributed by atoms with van der Waals surface area (Å²) in [5.41, 5.74) is 1.06. The lowest BCUT2D eigenvalue weighted by Gasteiger charge is -2.15. The molecule has 0 amide bonds. The third kappa shape index (κ3) is 2.77. The van der Waals surface area contributed by atoms with Crippen molar-refractivity contribution in [1.82, 2.24) is 4.90 Å². The second kappa shape index (κ2) is 4.60. The summed E-state index contributed by atoms with van der Waals surface area (Å²) in [6, 6.07) is 4.72. The van der Waals surface area contributed by atoms with Crippen molar-refractivity contribution in [2.45, 2.75) is 19.1 Å². The van der Waals surface area contributed by atoms with E-state index in [0.29, 0.717) is 6.54 Å². The fraction of sp³-hybridized carbons (Fsp3) is 0.455. The van der Waals surface area contributed by atoms with Crippen molar-refractivity contribution < 1.29 is 9.50 Å². The predicted octanol–water partition coefficient (Wildman–Crippen LogP) is 2.15. The van der Waals surface area contributed by atoms with E-state index in [1.54, 1.807) is 6.07 Å². The van der Waals surface area contributed by atoms with E-state index >= 15 is 0 Å². The van der Waals surface area contributed by atoms with E-state index in [-0.39, 0.29) is 11.9 Å². The Kier molecular flexibility index (Phi) is 3.38. The van der Waals surface area contributed by atoms with Crippen LogP contribution in [-0.2, 0) is 6.54 Å². The second-order valence-electron chi connectivity index (χ2n) is 3.91. The molecule has 1 unspecified atom stereocenters. The van der Waals surface area contributed by atoms with Crippen LogP contribution < -0.4 is 0 Å². The van der Waals surface area contributed by atoms with Gasteiger partial charge in [-0.2, -0.15) is 0 Å². The van der Waals surface area contributed by atoms with Crippen molar-refractivity contribution in [2.24, 2.45) is 0 Å². The number of β-amino-alcohol motifs (C(OH)–C–C–N with tert-alkyl or cyclic N) is 1. The lowest BCUT2D eigenvalue weighted by Crippen LogP contribution is -2.21. The highest BCUT2D eigenvalue weighted by atomic mass is 79.9. The molecule has 0 aromatic heterocycles. The zero-order chi connectivity index (χ0) is 10.8. The van der Waals surface area contributed by atoms with Crippen LogP contribution in [0.15, 0.2) is 22.7 Å². The van der Waals surface area contributed by atoms with Crippen molar-refractivity contribution in [3.05, 3.63) is 34.1 Å². The maximum Gasteiger partial charge on any atom is 0.124 e. The van der Waals surface area contributed by atoms with E-state index in [1.165, 1.54) is 12.1 Å². The standard InChI is InChI=1S/C11H13BrFNO/c12-11-5-9(13)2-1-8(11)6-14-4-3-10(15)7-14/h1-2,5,10,15H,3-4,6-7H2. The van der Waals surface area contributed by atoms with Gasteiger partial charge in [-0.3, -0.25) is 4.90 Å². The molecule has 0 aliphatic carbocycles. The summed E-state index contributed by atoms with van der Waals surface area (Å²) in [5, 5.41) is 9.38. The minimum absolute atomic E-state index is 0.204. The molecule has 1 saturated heterocycles. The monoisotopic (exact) mass is 273 g/mol. The van der Waals surface area contributed by atoms with Crippen LogP contribution in [0.25, 0.3) is 0 Å². The Bertz CT molecular complexity index is 358.